The highest BCUT2D eigenvalue weighted by molar-refractivity contribution is 5.81. The van der Waals surface area contributed by atoms with Crippen molar-refractivity contribution in [1.82, 2.24) is 0 Å². The molecule has 10 heteroatoms. The van der Waals surface area contributed by atoms with E-state index in [1.165, 1.54) is 34.8 Å². The maximum absolute atomic E-state index is 12.8. The van der Waals surface area contributed by atoms with E-state index in [4.69, 9.17) is 14.2 Å². The van der Waals surface area contributed by atoms with Gasteiger partial charge < -0.3 is 39.7 Å². The second-order valence-electron chi connectivity index (χ2n) is 10.00. The maximum atomic E-state index is 12.8. The zero-order valence-electron chi connectivity index (χ0n) is 17.6. The lowest BCUT2D eigenvalue weighted by molar-refractivity contribution is -0.292. The molecule has 0 aromatic rings. The Morgan fingerprint density at radius 3 is 2.30 bits per heavy atom. The fourth-order valence-electron chi connectivity index (χ4n) is 6.85. The predicted octanol–water partition coefficient (Wildman–Crippen LogP) is -1.90. The molecule has 4 aliphatic rings. The van der Waals surface area contributed by atoms with Crippen LogP contribution in [-0.4, -0.2) is 91.9 Å². The SMILES string of the molecule is CO[C@@H]1[C@H](O)[C@@H](C(C)(C)O)[C@@H]2C(=O)O[C@@H]3[C@@H](O)[C@]4(C[C@@H]([C@H](C)O)C(=O)O4)[C@@]1(C)[C@@]32O. The van der Waals surface area contributed by atoms with Crippen LogP contribution in [0, 0.1) is 23.2 Å². The Morgan fingerprint density at radius 2 is 1.83 bits per heavy atom. The molecule has 30 heavy (non-hydrogen) atoms. The highest BCUT2D eigenvalue weighted by Gasteiger charge is 2.90. The molecular formula is C20H30O10. The number of ether oxygens (including phenoxy) is 3. The van der Waals surface area contributed by atoms with Crippen LogP contribution in [0.3, 0.4) is 0 Å². The summed E-state index contributed by atoms with van der Waals surface area (Å²) in [5.41, 5.74) is -7.19. The number of hydrogen-bond acceptors (Lipinski definition) is 10. The summed E-state index contributed by atoms with van der Waals surface area (Å²) in [4.78, 5) is 25.4. The molecule has 2 aliphatic carbocycles. The third kappa shape index (κ3) is 2.14. The van der Waals surface area contributed by atoms with Crippen molar-refractivity contribution in [2.45, 2.75) is 81.4 Å². The van der Waals surface area contributed by atoms with E-state index < -0.39 is 82.4 Å². The Balaban J connectivity index is 1.97. The topological polar surface area (TPSA) is 163 Å². The number of methoxy groups -OCH3 is 1. The van der Waals surface area contributed by atoms with Gasteiger partial charge in [0.2, 0.25) is 0 Å². The third-order valence-corrected chi connectivity index (χ3v) is 8.25. The minimum atomic E-state index is -2.11. The first-order valence-corrected chi connectivity index (χ1v) is 10.1. The molecule has 2 saturated heterocycles. The number of aliphatic hydroxyl groups is 5. The summed E-state index contributed by atoms with van der Waals surface area (Å²) < 4.78 is 16.6. The van der Waals surface area contributed by atoms with Gasteiger partial charge in [0.05, 0.1) is 41.2 Å². The highest BCUT2D eigenvalue weighted by Crippen LogP contribution is 2.71. The summed E-state index contributed by atoms with van der Waals surface area (Å²) in [5.74, 6) is -5.17. The lowest BCUT2D eigenvalue weighted by Crippen LogP contribution is -2.75. The maximum Gasteiger partial charge on any atom is 0.313 e. The molecule has 11 atom stereocenters. The van der Waals surface area contributed by atoms with Crippen LogP contribution in [0.5, 0.6) is 0 Å². The van der Waals surface area contributed by atoms with Crippen molar-refractivity contribution in [2.75, 3.05) is 7.11 Å². The standard InChI is InChI=1S/C20H30O10/c1-7(21)8-6-19(30-15(8)24)12(23)14-20(27)10(16(25)29-14)9(17(2,3)26)11(22)13(28-5)18(19,20)4/h7-14,21-23,26-27H,6H2,1-5H3/t7-,8-,9-,10+,11+,12+,13+,14+,18-,19+,20-/m0/s1. The van der Waals surface area contributed by atoms with Gasteiger partial charge in [-0.2, -0.15) is 0 Å². The number of hydrogen-bond donors (Lipinski definition) is 5. The Hall–Kier alpha value is -1.30. The van der Waals surface area contributed by atoms with Crippen LogP contribution in [0.4, 0.5) is 0 Å². The second-order valence-corrected chi connectivity index (χ2v) is 10.00. The van der Waals surface area contributed by atoms with E-state index in [-0.39, 0.29) is 6.42 Å². The highest BCUT2D eigenvalue weighted by atomic mass is 16.6. The van der Waals surface area contributed by atoms with Gasteiger partial charge >= 0.3 is 11.9 Å². The van der Waals surface area contributed by atoms with Gasteiger partial charge in [-0.05, 0) is 20.8 Å². The smallest absolute Gasteiger partial charge is 0.313 e. The Bertz CT molecular complexity index is 776. The van der Waals surface area contributed by atoms with Gasteiger partial charge in [-0.1, -0.05) is 6.92 Å². The minimum Gasteiger partial charge on any atom is -0.456 e. The van der Waals surface area contributed by atoms with Gasteiger partial charge in [0.15, 0.2) is 11.7 Å². The molecule has 4 fully saturated rings. The summed E-state index contributed by atoms with van der Waals surface area (Å²) in [7, 11) is 1.29. The molecule has 0 radical (unpaired) electrons. The summed E-state index contributed by atoms with van der Waals surface area (Å²) in [6.07, 6.45) is -7.02. The number of carbonyl (C=O) groups excluding carboxylic acids is 2. The largest absolute Gasteiger partial charge is 0.456 e. The molecule has 2 aliphatic heterocycles. The molecule has 170 valence electrons. The number of fused-ring (bicyclic) bond motifs is 1. The Kier molecular flexibility index (Phi) is 4.49. The third-order valence-electron chi connectivity index (χ3n) is 8.25. The van der Waals surface area contributed by atoms with Crippen LogP contribution < -0.4 is 0 Å². The Morgan fingerprint density at radius 1 is 1.23 bits per heavy atom. The van der Waals surface area contributed by atoms with Crippen molar-refractivity contribution in [2.24, 2.45) is 23.2 Å². The molecule has 0 bridgehead atoms. The lowest BCUT2D eigenvalue weighted by Gasteiger charge is -2.59. The zero-order valence-corrected chi connectivity index (χ0v) is 17.6. The average Bonchev–Trinajstić information content (AvgIpc) is 3.15. The zero-order chi connectivity index (χ0) is 22.6. The van der Waals surface area contributed by atoms with Crippen molar-refractivity contribution in [3.63, 3.8) is 0 Å². The Labute approximate surface area is 173 Å². The molecular weight excluding hydrogens is 400 g/mol. The van der Waals surface area contributed by atoms with E-state index in [0.717, 1.165) is 0 Å². The van der Waals surface area contributed by atoms with E-state index in [9.17, 15) is 35.1 Å². The first-order chi connectivity index (χ1) is 13.7. The van der Waals surface area contributed by atoms with Crippen LogP contribution in [0.1, 0.15) is 34.1 Å². The summed E-state index contributed by atoms with van der Waals surface area (Å²) in [6, 6.07) is 0. The first kappa shape index (κ1) is 21.9. The van der Waals surface area contributed by atoms with Crippen LogP contribution >= 0.6 is 0 Å². The molecule has 0 aromatic heterocycles. The van der Waals surface area contributed by atoms with E-state index in [0.29, 0.717) is 0 Å². The van der Waals surface area contributed by atoms with Crippen molar-refractivity contribution >= 4 is 11.9 Å². The van der Waals surface area contributed by atoms with Gasteiger partial charge in [-0.3, -0.25) is 9.59 Å². The fourth-order valence-corrected chi connectivity index (χ4v) is 6.85. The van der Waals surface area contributed by atoms with Gasteiger partial charge in [-0.25, -0.2) is 0 Å². The predicted molar refractivity (Wildman–Crippen MR) is 97.6 cm³/mol. The van der Waals surface area contributed by atoms with Crippen LogP contribution in [0.2, 0.25) is 0 Å². The minimum absolute atomic E-state index is 0.163. The molecule has 4 rings (SSSR count). The molecule has 0 aromatic carbocycles. The van der Waals surface area contributed by atoms with E-state index in [1.807, 2.05) is 0 Å². The van der Waals surface area contributed by atoms with Crippen molar-refractivity contribution in [1.29, 1.82) is 0 Å². The first-order valence-electron chi connectivity index (χ1n) is 10.1. The second kappa shape index (κ2) is 6.14. The molecule has 2 saturated carbocycles. The van der Waals surface area contributed by atoms with Crippen LogP contribution in [0.15, 0.2) is 0 Å². The number of aliphatic hydroxyl groups excluding tert-OH is 3. The van der Waals surface area contributed by atoms with Gasteiger partial charge in [0, 0.05) is 19.4 Å². The van der Waals surface area contributed by atoms with Crippen LogP contribution in [0.25, 0.3) is 0 Å². The molecule has 0 amide bonds. The number of carbonyl (C=O) groups is 2. The summed E-state index contributed by atoms with van der Waals surface area (Å²) in [6.45, 7) is 5.71. The van der Waals surface area contributed by atoms with E-state index in [2.05, 4.69) is 0 Å². The van der Waals surface area contributed by atoms with Crippen molar-refractivity contribution in [3.8, 4) is 0 Å². The van der Waals surface area contributed by atoms with E-state index in [1.54, 1.807) is 0 Å². The average molecular weight is 430 g/mol. The normalized spacial score (nSPS) is 53.6. The number of rotatable bonds is 3. The number of esters is 2. The summed E-state index contributed by atoms with van der Waals surface area (Å²) >= 11 is 0. The van der Waals surface area contributed by atoms with Crippen molar-refractivity contribution in [3.05, 3.63) is 0 Å². The summed E-state index contributed by atoms with van der Waals surface area (Å²) in [5, 5.41) is 55.3. The molecule has 5 N–H and O–H groups in total. The molecule has 10 nitrogen and oxygen atoms in total. The molecule has 1 spiro atoms. The molecule has 2 heterocycles. The van der Waals surface area contributed by atoms with Gasteiger partial charge in [0.25, 0.3) is 0 Å². The van der Waals surface area contributed by atoms with Crippen LogP contribution in [-0.2, 0) is 23.8 Å². The quantitative estimate of drug-likeness (QED) is 0.320. The van der Waals surface area contributed by atoms with E-state index >= 15 is 0 Å². The lowest BCUT2D eigenvalue weighted by atomic mass is 9.49. The van der Waals surface area contributed by atoms with Gasteiger partial charge in [0.1, 0.15) is 11.7 Å². The van der Waals surface area contributed by atoms with Crippen molar-refractivity contribution < 1.29 is 49.3 Å². The monoisotopic (exact) mass is 430 g/mol. The van der Waals surface area contributed by atoms with Gasteiger partial charge in [-0.15, -0.1) is 0 Å². The fraction of sp³-hybridized carbons (Fsp3) is 0.900. The molecule has 0 unspecified atom stereocenters.